The lowest BCUT2D eigenvalue weighted by atomic mass is 9.97. The van der Waals surface area contributed by atoms with E-state index in [1.54, 1.807) is 12.3 Å². The molecule has 1 N–H and O–H groups in total. The SMILES string of the molecule is CC(C)c1cc(C(=O)N2CCCCC2c2cn[nH]c2)no1. The van der Waals surface area contributed by atoms with Gasteiger partial charge in [0.15, 0.2) is 5.69 Å². The molecule has 2 aromatic rings. The monoisotopic (exact) mass is 288 g/mol. The molecule has 0 saturated carbocycles. The number of hydrogen-bond acceptors (Lipinski definition) is 4. The molecule has 0 radical (unpaired) electrons. The van der Waals surface area contributed by atoms with Gasteiger partial charge in [0, 0.05) is 30.3 Å². The maximum Gasteiger partial charge on any atom is 0.276 e. The summed E-state index contributed by atoms with van der Waals surface area (Å²) in [4.78, 5) is 14.6. The maximum absolute atomic E-state index is 12.7. The summed E-state index contributed by atoms with van der Waals surface area (Å²) in [5, 5.41) is 10.8. The normalized spacial score (nSPS) is 19.2. The van der Waals surface area contributed by atoms with Gasteiger partial charge >= 0.3 is 0 Å². The molecule has 0 spiro atoms. The molecule has 1 amide bonds. The molecule has 3 heterocycles. The van der Waals surface area contributed by atoms with Gasteiger partial charge in [0.25, 0.3) is 5.91 Å². The van der Waals surface area contributed by atoms with E-state index in [1.807, 2.05) is 24.9 Å². The summed E-state index contributed by atoms with van der Waals surface area (Å²) in [6.45, 7) is 4.78. The van der Waals surface area contributed by atoms with Crippen LogP contribution < -0.4 is 0 Å². The highest BCUT2D eigenvalue weighted by Crippen LogP contribution is 2.31. The largest absolute Gasteiger partial charge is 0.360 e. The number of likely N-dealkylation sites (tertiary alicyclic amines) is 1. The molecule has 6 nitrogen and oxygen atoms in total. The summed E-state index contributed by atoms with van der Waals surface area (Å²) >= 11 is 0. The number of H-pyrrole nitrogens is 1. The molecule has 1 saturated heterocycles. The minimum atomic E-state index is -0.0587. The van der Waals surface area contributed by atoms with Crippen molar-refractivity contribution in [1.29, 1.82) is 0 Å². The lowest BCUT2D eigenvalue weighted by Gasteiger charge is -2.34. The average molecular weight is 288 g/mol. The minimum absolute atomic E-state index is 0.0587. The van der Waals surface area contributed by atoms with Crippen LogP contribution in [0.4, 0.5) is 0 Å². The molecule has 0 aliphatic carbocycles. The Balaban J connectivity index is 1.83. The number of amides is 1. The number of aromatic nitrogens is 3. The van der Waals surface area contributed by atoms with E-state index in [2.05, 4.69) is 15.4 Å². The third kappa shape index (κ3) is 2.70. The van der Waals surface area contributed by atoms with Gasteiger partial charge in [0.1, 0.15) is 5.76 Å². The second-order valence-corrected chi connectivity index (χ2v) is 5.81. The van der Waals surface area contributed by atoms with E-state index in [1.165, 1.54) is 0 Å². The highest BCUT2D eigenvalue weighted by Gasteiger charge is 2.31. The van der Waals surface area contributed by atoms with Crippen LogP contribution in [0, 0.1) is 0 Å². The fourth-order valence-electron chi connectivity index (χ4n) is 2.77. The number of piperidine rings is 1. The first-order valence-corrected chi connectivity index (χ1v) is 7.43. The molecular weight excluding hydrogens is 268 g/mol. The van der Waals surface area contributed by atoms with Gasteiger partial charge in [-0.1, -0.05) is 19.0 Å². The Kier molecular flexibility index (Phi) is 3.77. The summed E-state index contributed by atoms with van der Waals surface area (Å²) in [7, 11) is 0. The molecule has 0 aromatic carbocycles. The van der Waals surface area contributed by atoms with E-state index in [0.717, 1.165) is 37.1 Å². The predicted molar refractivity (Wildman–Crippen MR) is 76.8 cm³/mol. The molecule has 6 heteroatoms. The molecule has 1 aliphatic rings. The number of carbonyl (C=O) groups is 1. The Hall–Kier alpha value is -2.11. The van der Waals surface area contributed by atoms with Crippen LogP contribution in [0.15, 0.2) is 23.0 Å². The van der Waals surface area contributed by atoms with Gasteiger partial charge in [-0.3, -0.25) is 9.89 Å². The maximum atomic E-state index is 12.7. The number of nitrogens with zero attached hydrogens (tertiary/aromatic N) is 3. The Labute approximate surface area is 123 Å². The van der Waals surface area contributed by atoms with E-state index in [4.69, 9.17) is 4.52 Å². The van der Waals surface area contributed by atoms with Gasteiger partial charge in [0.05, 0.1) is 12.2 Å². The second-order valence-electron chi connectivity index (χ2n) is 5.81. The Bertz CT molecular complexity index is 603. The van der Waals surface area contributed by atoms with Crippen LogP contribution in [0.3, 0.4) is 0 Å². The predicted octanol–water partition coefficient (Wildman–Crippen LogP) is 2.89. The zero-order valence-corrected chi connectivity index (χ0v) is 12.4. The molecule has 2 aromatic heterocycles. The van der Waals surface area contributed by atoms with Crippen LogP contribution in [0.25, 0.3) is 0 Å². The van der Waals surface area contributed by atoms with Gasteiger partial charge in [-0.05, 0) is 19.3 Å². The molecule has 112 valence electrons. The van der Waals surface area contributed by atoms with Crippen LogP contribution in [0.2, 0.25) is 0 Å². The lowest BCUT2D eigenvalue weighted by Crippen LogP contribution is -2.38. The van der Waals surface area contributed by atoms with Crippen molar-refractivity contribution in [2.75, 3.05) is 6.54 Å². The quantitative estimate of drug-likeness (QED) is 0.942. The number of rotatable bonds is 3. The molecule has 3 rings (SSSR count). The summed E-state index contributed by atoms with van der Waals surface area (Å²) in [5.41, 5.74) is 1.45. The first-order chi connectivity index (χ1) is 10.2. The second kappa shape index (κ2) is 5.71. The Morgan fingerprint density at radius 2 is 2.33 bits per heavy atom. The summed E-state index contributed by atoms with van der Waals surface area (Å²) < 4.78 is 5.25. The van der Waals surface area contributed by atoms with Gasteiger partial charge in [-0.2, -0.15) is 5.10 Å². The fraction of sp³-hybridized carbons (Fsp3) is 0.533. The summed E-state index contributed by atoms with van der Waals surface area (Å²) in [5.74, 6) is 0.914. The zero-order valence-electron chi connectivity index (χ0n) is 12.4. The molecule has 1 atom stereocenters. The smallest absolute Gasteiger partial charge is 0.276 e. The topological polar surface area (TPSA) is 75.0 Å². The minimum Gasteiger partial charge on any atom is -0.360 e. The van der Waals surface area contributed by atoms with Crippen LogP contribution in [-0.2, 0) is 0 Å². The van der Waals surface area contributed by atoms with E-state index >= 15 is 0 Å². The lowest BCUT2D eigenvalue weighted by molar-refractivity contribution is 0.0601. The number of hydrogen-bond donors (Lipinski definition) is 1. The molecule has 1 fully saturated rings. The molecule has 21 heavy (non-hydrogen) atoms. The van der Waals surface area contributed by atoms with E-state index < -0.39 is 0 Å². The van der Waals surface area contributed by atoms with Crippen molar-refractivity contribution >= 4 is 5.91 Å². The van der Waals surface area contributed by atoms with Crippen molar-refractivity contribution in [3.63, 3.8) is 0 Å². The van der Waals surface area contributed by atoms with E-state index in [0.29, 0.717) is 5.69 Å². The van der Waals surface area contributed by atoms with Crippen molar-refractivity contribution in [2.45, 2.75) is 45.1 Å². The average Bonchev–Trinajstić information content (AvgIpc) is 3.18. The van der Waals surface area contributed by atoms with Crippen LogP contribution in [0.1, 0.15) is 66.9 Å². The first-order valence-electron chi connectivity index (χ1n) is 7.43. The number of aromatic amines is 1. The van der Waals surface area contributed by atoms with E-state index in [9.17, 15) is 4.79 Å². The van der Waals surface area contributed by atoms with Crippen LogP contribution in [0.5, 0.6) is 0 Å². The van der Waals surface area contributed by atoms with Gasteiger partial charge in [-0.25, -0.2) is 0 Å². The molecular formula is C15H20N4O2. The highest BCUT2D eigenvalue weighted by molar-refractivity contribution is 5.92. The number of carbonyl (C=O) groups excluding carboxylic acids is 1. The molecule has 1 aliphatic heterocycles. The van der Waals surface area contributed by atoms with Crippen LogP contribution >= 0.6 is 0 Å². The van der Waals surface area contributed by atoms with Crippen molar-refractivity contribution in [3.05, 3.63) is 35.5 Å². The standard InChI is InChI=1S/C15H20N4O2/c1-10(2)14-7-12(18-21-14)15(20)19-6-4-3-5-13(19)11-8-16-17-9-11/h7-10,13H,3-6H2,1-2H3,(H,16,17). The van der Waals surface area contributed by atoms with Gasteiger partial charge < -0.3 is 9.42 Å². The Morgan fingerprint density at radius 1 is 1.48 bits per heavy atom. The molecule has 0 bridgehead atoms. The van der Waals surface area contributed by atoms with Crippen molar-refractivity contribution in [2.24, 2.45) is 0 Å². The van der Waals surface area contributed by atoms with E-state index in [-0.39, 0.29) is 17.9 Å². The van der Waals surface area contributed by atoms with Crippen molar-refractivity contribution in [1.82, 2.24) is 20.3 Å². The summed E-state index contributed by atoms with van der Waals surface area (Å²) in [6.07, 6.45) is 6.75. The van der Waals surface area contributed by atoms with Gasteiger partial charge in [0.2, 0.25) is 0 Å². The van der Waals surface area contributed by atoms with Crippen LogP contribution in [-0.4, -0.2) is 32.7 Å². The third-order valence-electron chi connectivity index (χ3n) is 3.98. The highest BCUT2D eigenvalue weighted by atomic mass is 16.5. The Morgan fingerprint density at radius 3 is 3.00 bits per heavy atom. The van der Waals surface area contributed by atoms with Crippen molar-refractivity contribution < 1.29 is 9.32 Å². The van der Waals surface area contributed by atoms with Crippen molar-refractivity contribution in [3.8, 4) is 0 Å². The first kappa shape index (κ1) is 13.9. The number of nitrogens with one attached hydrogen (secondary N) is 1. The fourth-order valence-corrected chi connectivity index (χ4v) is 2.77. The third-order valence-corrected chi connectivity index (χ3v) is 3.98. The summed E-state index contributed by atoms with van der Waals surface area (Å²) in [6, 6.07) is 1.83. The van der Waals surface area contributed by atoms with Gasteiger partial charge in [-0.15, -0.1) is 0 Å². The molecule has 1 unspecified atom stereocenters. The zero-order chi connectivity index (χ0) is 14.8.